The summed E-state index contributed by atoms with van der Waals surface area (Å²) in [7, 11) is 0. The summed E-state index contributed by atoms with van der Waals surface area (Å²) >= 11 is 0. The fourth-order valence-electron chi connectivity index (χ4n) is 6.34. The van der Waals surface area contributed by atoms with E-state index in [0.717, 1.165) is 4.90 Å². The number of aliphatic hydroxyl groups is 1. The number of aromatic nitrogens is 1. The van der Waals surface area contributed by atoms with Crippen LogP contribution in [0.1, 0.15) is 74.6 Å². The largest absolute Gasteiger partial charge is 0.394 e. The Kier molecular flexibility index (Phi) is 12.5. The molecule has 3 heterocycles. The first-order valence-corrected chi connectivity index (χ1v) is 16.9. The van der Waals surface area contributed by atoms with Crippen LogP contribution in [-0.4, -0.2) is 93.4 Å². The molecule has 1 aromatic heterocycles. The van der Waals surface area contributed by atoms with Crippen LogP contribution in [0.5, 0.6) is 0 Å². The van der Waals surface area contributed by atoms with Gasteiger partial charge in [0.05, 0.1) is 19.1 Å². The first-order valence-electron chi connectivity index (χ1n) is 16.9. The lowest BCUT2D eigenvalue weighted by Gasteiger charge is -2.30. The summed E-state index contributed by atoms with van der Waals surface area (Å²) in [6.45, 7) is 8.06. The van der Waals surface area contributed by atoms with Crippen molar-refractivity contribution in [3.05, 3.63) is 69.6 Å². The second-order valence-corrected chi connectivity index (χ2v) is 13.2. The van der Waals surface area contributed by atoms with Gasteiger partial charge >= 0.3 is 0 Å². The molecule has 6 N–H and O–H groups in total. The molecule has 15 heteroatoms. The number of nitrogens with one attached hydrogen (secondary N) is 5. The molecule has 270 valence electrons. The van der Waals surface area contributed by atoms with Gasteiger partial charge in [-0.25, -0.2) is 0 Å². The van der Waals surface area contributed by atoms with E-state index < -0.39 is 83.9 Å². The zero-order chi connectivity index (χ0) is 36.7. The van der Waals surface area contributed by atoms with Crippen molar-refractivity contribution in [2.75, 3.05) is 13.2 Å². The summed E-state index contributed by atoms with van der Waals surface area (Å²) in [6, 6.07) is 5.39. The Morgan fingerprint density at radius 1 is 0.920 bits per heavy atom. The molecule has 0 bridgehead atoms. The minimum absolute atomic E-state index is 0.0450. The van der Waals surface area contributed by atoms with Gasteiger partial charge in [-0.15, -0.1) is 0 Å². The van der Waals surface area contributed by atoms with E-state index in [-0.39, 0.29) is 37.3 Å². The molecule has 0 aliphatic carbocycles. The van der Waals surface area contributed by atoms with E-state index in [1.165, 1.54) is 17.6 Å². The van der Waals surface area contributed by atoms with Crippen molar-refractivity contribution < 1.29 is 33.9 Å². The highest BCUT2D eigenvalue weighted by atomic mass is 16.3. The van der Waals surface area contributed by atoms with Gasteiger partial charge in [-0.1, -0.05) is 44.2 Å². The van der Waals surface area contributed by atoms with E-state index in [1.807, 2.05) is 13.8 Å². The molecule has 0 saturated carbocycles. The van der Waals surface area contributed by atoms with Gasteiger partial charge in [0.15, 0.2) is 0 Å². The topological polar surface area (TPSA) is 208 Å². The first kappa shape index (κ1) is 37.8. The van der Waals surface area contributed by atoms with Gasteiger partial charge in [-0.2, -0.15) is 0 Å². The van der Waals surface area contributed by atoms with Crippen molar-refractivity contribution in [1.82, 2.24) is 36.1 Å². The van der Waals surface area contributed by atoms with Crippen molar-refractivity contribution in [3.8, 4) is 0 Å². The summed E-state index contributed by atoms with van der Waals surface area (Å²) in [5.74, 6) is -4.08. The number of carbonyl (C=O) groups is 6. The van der Waals surface area contributed by atoms with Crippen molar-refractivity contribution in [1.29, 1.82) is 0 Å². The molecule has 2 saturated heterocycles. The zero-order valence-corrected chi connectivity index (χ0v) is 29.0. The van der Waals surface area contributed by atoms with E-state index in [2.05, 4.69) is 26.6 Å². The first-order chi connectivity index (χ1) is 23.7. The number of amides is 6. The number of carbonyl (C=O) groups excluding carboxylic acids is 6. The molecule has 15 nitrogen and oxygen atoms in total. The maximum absolute atomic E-state index is 13.9. The monoisotopic (exact) mass is 693 g/mol. The van der Waals surface area contributed by atoms with Crippen LogP contribution >= 0.6 is 0 Å². The Morgan fingerprint density at radius 2 is 1.62 bits per heavy atom. The number of benzene rings is 1. The molecule has 0 unspecified atom stereocenters. The lowest BCUT2D eigenvalue weighted by molar-refractivity contribution is -0.143. The molecular formula is C35H47N7O8. The Bertz CT molecular complexity index is 1660. The highest BCUT2D eigenvalue weighted by Gasteiger charge is 2.44. The number of aryl methyl sites for hydroxylation is 1. The summed E-state index contributed by atoms with van der Waals surface area (Å²) in [5.41, 5.74) is 0.721. The maximum atomic E-state index is 13.9. The Morgan fingerprint density at radius 3 is 2.26 bits per heavy atom. The quantitative estimate of drug-likeness (QED) is 0.225. The molecular weight excluding hydrogens is 646 g/mol. The average Bonchev–Trinajstić information content (AvgIpc) is 3.49. The van der Waals surface area contributed by atoms with Crippen LogP contribution < -0.4 is 32.1 Å². The molecule has 4 rings (SSSR count). The van der Waals surface area contributed by atoms with Crippen molar-refractivity contribution in [3.63, 3.8) is 0 Å². The van der Waals surface area contributed by atoms with E-state index in [0.29, 0.717) is 17.8 Å². The number of rotatable bonds is 7. The summed E-state index contributed by atoms with van der Waals surface area (Å²) in [6.07, 6.45) is -0.0795. The van der Waals surface area contributed by atoms with Crippen LogP contribution in [0.4, 0.5) is 0 Å². The number of nitrogens with zero attached hydrogens (tertiary/aromatic N) is 2. The van der Waals surface area contributed by atoms with Gasteiger partial charge in [0.1, 0.15) is 29.7 Å². The zero-order valence-electron chi connectivity index (χ0n) is 29.0. The van der Waals surface area contributed by atoms with Gasteiger partial charge in [0.2, 0.25) is 29.5 Å². The third kappa shape index (κ3) is 8.94. The van der Waals surface area contributed by atoms with Crippen LogP contribution in [0.25, 0.3) is 0 Å². The standard InChI is InChI=1S/C35H47N7O8/c1-6-41-20(4)12-13-24(34(41)49)31(46)37-23-15-28-33(48)36-21(5)30(45)39-25(22-10-8-7-9-11-22)16-29(44)38-26(14-19(2)3)32(47)40-27(18-43)35(50)42(28)17-23/h7-13,19,21,23,25-28,43H,6,14-18H2,1-5H3,(H,36,48)(H,37,46)(H,38,44)(H,39,45)(H,40,47)/t21-,23-,25-,26-,27-,28-/m0/s1. The molecule has 50 heavy (non-hydrogen) atoms. The molecule has 1 aromatic carbocycles. The Labute approximate surface area is 290 Å². The Hall–Kier alpha value is -5.05. The van der Waals surface area contributed by atoms with Crippen molar-refractivity contribution >= 4 is 35.4 Å². The minimum atomic E-state index is -1.49. The molecule has 2 aliphatic rings. The van der Waals surface area contributed by atoms with Gasteiger partial charge in [-0.05, 0) is 57.2 Å². The highest BCUT2D eigenvalue weighted by molar-refractivity contribution is 5.97. The van der Waals surface area contributed by atoms with E-state index in [1.54, 1.807) is 50.2 Å². The fraction of sp³-hybridized carbons (Fsp3) is 0.514. The van der Waals surface area contributed by atoms with E-state index in [9.17, 15) is 38.7 Å². The molecule has 6 amide bonds. The van der Waals surface area contributed by atoms with Crippen molar-refractivity contribution in [2.45, 2.75) is 96.7 Å². The van der Waals surface area contributed by atoms with Gasteiger partial charge in [0.25, 0.3) is 11.5 Å². The second kappa shape index (κ2) is 16.6. The number of hydrogen-bond acceptors (Lipinski definition) is 8. The maximum Gasteiger partial charge on any atom is 0.263 e. The molecule has 2 fully saturated rings. The molecule has 0 spiro atoms. The SMILES string of the molecule is CCn1c(C)ccc(C(=O)N[C@H]2C[C@H]3C(=O)N[C@@H](C)C(=O)N[C@H](c4ccccc4)CC(=O)N[C@@H](CC(C)C)C(=O)N[C@@H](CO)C(=O)N3C2)c1=O. The number of hydrogen-bond donors (Lipinski definition) is 6. The van der Waals surface area contributed by atoms with Crippen LogP contribution in [-0.2, 0) is 30.5 Å². The lowest BCUT2D eigenvalue weighted by Crippen LogP contribution is -2.59. The third-order valence-electron chi connectivity index (χ3n) is 8.99. The van der Waals surface area contributed by atoms with Gasteiger partial charge in [-0.3, -0.25) is 33.6 Å². The Balaban J connectivity index is 1.67. The van der Waals surface area contributed by atoms with Gasteiger partial charge in [0, 0.05) is 24.8 Å². The van der Waals surface area contributed by atoms with E-state index in [4.69, 9.17) is 0 Å². The van der Waals surface area contributed by atoms with Crippen LogP contribution in [0.15, 0.2) is 47.3 Å². The smallest absolute Gasteiger partial charge is 0.263 e. The normalized spacial score (nSPS) is 25.3. The molecule has 6 atom stereocenters. The predicted octanol–water partition coefficient (Wildman–Crippen LogP) is -0.350. The third-order valence-corrected chi connectivity index (χ3v) is 8.99. The highest BCUT2D eigenvalue weighted by Crippen LogP contribution is 2.22. The van der Waals surface area contributed by atoms with Crippen LogP contribution in [0.2, 0.25) is 0 Å². The van der Waals surface area contributed by atoms with Crippen LogP contribution in [0.3, 0.4) is 0 Å². The van der Waals surface area contributed by atoms with Crippen LogP contribution in [0, 0.1) is 12.8 Å². The fourth-order valence-corrected chi connectivity index (χ4v) is 6.34. The minimum Gasteiger partial charge on any atom is -0.394 e. The second-order valence-electron chi connectivity index (χ2n) is 13.2. The predicted molar refractivity (Wildman–Crippen MR) is 182 cm³/mol. The number of fused-ring (bicyclic) bond motifs is 1. The molecule has 2 aliphatic heterocycles. The van der Waals surface area contributed by atoms with Gasteiger partial charge < -0.3 is 41.2 Å². The molecule has 2 aromatic rings. The summed E-state index contributed by atoms with van der Waals surface area (Å²) in [5, 5.41) is 23.7. The number of aliphatic hydroxyl groups excluding tert-OH is 1. The summed E-state index contributed by atoms with van der Waals surface area (Å²) in [4.78, 5) is 95.3. The lowest BCUT2D eigenvalue weighted by atomic mass is 10.00. The average molecular weight is 694 g/mol. The molecule has 0 radical (unpaired) electrons. The number of pyridine rings is 1. The van der Waals surface area contributed by atoms with E-state index >= 15 is 0 Å². The summed E-state index contributed by atoms with van der Waals surface area (Å²) < 4.78 is 1.45. The van der Waals surface area contributed by atoms with Crippen molar-refractivity contribution in [2.24, 2.45) is 5.92 Å².